The van der Waals surface area contributed by atoms with Crippen LogP contribution in [0.3, 0.4) is 0 Å². The highest BCUT2D eigenvalue weighted by Gasteiger charge is 2.00. The second kappa shape index (κ2) is 5.82. The van der Waals surface area contributed by atoms with Crippen LogP contribution in [0, 0.1) is 5.82 Å². The Bertz CT molecular complexity index is 577. The maximum absolute atomic E-state index is 13.1. The highest BCUT2D eigenvalue weighted by molar-refractivity contribution is 9.10. The molecule has 5 heteroatoms. The quantitative estimate of drug-likeness (QED) is 0.869. The zero-order valence-corrected chi connectivity index (χ0v) is 11.1. The standard InChI is InChI=1S/C13H11BrFNO2/c14-10-7-11(15)9-12(8-10)18-6-5-16-4-2-1-3-13(16)17/h1-4,7-9H,5-6H2. The SMILES string of the molecule is O=c1ccccn1CCOc1cc(F)cc(Br)c1. The minimum Gasteiger partial charge on any atom is -0.492 e. The number of nitrogens with zero attached hydrogens (tertiary/aromatic N) is 1. The molecule has 0 N–H and O–H groups in total. The molecule has 1 aromatic carbocycles. The summed E-state index contributed by atoms with van der Waals surface area (Å²) >= 11 is 3.19. The van der Waals surface area contributed by atoms with Crippen molar-refractivity contribution in [3.05, 3.63) is 63.2 Å². The van der Waals surface area contributed by atoms with Crippen LogP contribution in [0.15, 0.2) is 51.9 Å². The third-order valence-electron chi connectivity index (χ3n) is 2.34. The summed E-state index contributed by atoms with van der Waals surface area (Å²) in [6.45, 7) is 0.730. The van der Waals surface area contributed by atoms with Crippen LogP contribution in [0.25, 0.3) is 0 Å². The molecule has 0 fully saturated rings. The first-order valence-corrected chi connectivity index (χ1v) is 6.19. The Morgan fingerprint density at radius 1 is 1.28 bits per heavy atom. The Morgan fingerprint density at radius 2 is 2.11 bits per heavy atom. The lowest BCUT2D eigenvalue weighted by molar-refractivity contribution is 0.295. The number of rotatable bonds is 4. The summed E-state index contributed by atoms with van der Waals surface area (Å²) in [5, 5.41) is 0. The van der Waals surface area contributed by atoms with Gasteiger partial charge < -0.3 is 9.30 Å². The van der Waals surface area contributed by atoms with Gasteiger partial charge in [0.2, 0.25) is 0 Å². The van der Waals surface area contributed by atoms with Gasteiger partial charge in [0.05, 0.1) is 6.54 Å². The second-order valence-corrected chi connectivity index (χ2v) is 4.60. The number of ether oxygens (including phenoxy) is 1. The number of hydrogen-bond donors (Lipinski definition) is 0. The van der Waals surface area contributed by atoms with Gasteiger partial charge in [-0.3, -0.25) is 4.79 Å². The zero-order chi connectivity index (χ0) is 13.0. The molecule has 0 aliphatic heterocycles. The van der Waals surface area contributed by atoms with Crippen molar-refractivity contribution in [2.75, 3.05) is 6.61 Å². The van der Waals surface area contributed by atoms with Crippen molar-refractivity contribution in [3.63, 3.8) is 0 Å². The lowest BCUT2D eigenvalue weighted by Crippen LogP contribution is -2.21. The topological polar surface area (TPSA) is 31.2 Å². The molecule has 94 valence electrons. The van der Waals surface area contributed by atoms with Crippen LogP contribution in [-0.4, -0.2) is 11.2 Å². The fraction of sp³-hybridized carbons (Fsp3) is 0.154. The van der Waals surface area contributed by atoms with Crippen molar-refractivity contribution in [1.82, 2.24) is 4.57 Å². The molecule has 0 amide bonds. The molecular formula is C13H11BrFNO2. The maximum atomic E-state index is 13.1. The number of pyridine rings is 1. The third-order valence-corrected chi connectivity index (χ3v) is 2.79. The van der Waals surface area contributed by atoms with Gasteiger partial charge >= 0.3 is 0 Å². The molecule has 0 unspecified atom stereocenters. The minimum atomic E-state index is -0.365. The number of aromatic nitrogens is 1. The van der Waals surface area contributed by atoms with E-state index in [1.54, 1.807) is 24.4 Å². The summed E-state index contributed by atoms with van der Waals surface area (Å²) in [5.41, 5.74) is -0.0819. The lowest BCUT2D eigenvalue weighted by atomic mass is 10.3. The zero-order valence-electron chi connectivity index (χ0n) is 9.48. The normalized spacial score (nSPS) is 10.3. The van der Waals surface area contributed by atoms with Crippen molar-refractivity contribution >= 4 is 15.9 Å². The average molecular weight is 312 g/mol. The van der Waals surface area contributed by atoms with E-state index in [1.807, 2.05) is 0 Å². The molecule has 0 aliphatic rings. The molecule has 0 aliphatic carbocycles. The molecule has 0 radical (unpaired) electrons. The van der Waals surface area contributed by atoms with Crippen molar-refractivity contribution in [2.45, 2.75) is 6.54 Å². The summed E-state index contributed by atoms with van der Waals surface area (Å²) in [6.07, 6.45) is 1.69. The van der Waals surface area contributed by atoms with Gasteiger partial charge in [-0.15, -0.1) is 0 Å². The van der Waals surface area contributed by atoms with Crippen LogP contribution in [0.2, 0.25) is 0 Å². The lowest BCUT2D eigenvalue weighted by Gasteiger charge is -2.08. The maximum Gasteiger partial charge on any atom is 0.250 e. The molecular weight excluding hydrogens is 301 g/mol. The monoisotopic (exact) mass is 311 g/mol. The van der Waals surface area contributed by atoms with Crippen LogP contribution in [0.1, 0.15) is 0 Å². The highest BCUT2D eigenvalue weighted by Crippen LogP contribution is 2.20. The van der Waals surface area contributed by atoms with Crippen LogP contribution in [-0.2, 0) is 6.54 Å². The largest absolute Gasteiger partial charge is 0.492 e. The van der Waals surface area contributed by atoms with Gasteiger partial charge in [0.1, 0.15) is 18.2 Å². The molecule has 2 aromatic rings. The molecule has 0 saturated carbocycles. The minimum absolute atomic E-state index is 0.0819. The smallest absolute Gasteiger partial charge is 0.250 e. The molecule has 3 nitrogen and oxygen atoms in total. The molecule has 0 atom stereocenters. The van der Waals surface area contributed by atoms with Gasteiger partial charge in [-0.2, -0.15) is 0 Å². The average Bonchev–Trinajstić information content (AvgIpc) is 2.30. The second-order valence-electron chi connectivity index (χ2n) is 3.69. The van der Waals surface area contributed by atoms with E-state index in [0.29, 0.717) is 23.4 Å². The molecule has 1 heterocycles. The summed E-state index contributed by atoms with van der Waals surface area (Å²) in [6, 6.07) is 9.28. The van der Waals surface area contributed by atoms with E-state index in [2.05, 4.69) is 15.9 Å². The fourth-order valence-corrected chi connectivity index (χ4v) is 1.96. The first-order chi connectivity index (χ1) is 8.65. The fourth-order valence-electron chi connectivity index (χ4n) is 1.52. The molecule has 2 rings (SSSR count). The van der Waals surface area contributed by atoms with E-state index >= 15 is 0 Å². The Hall–Kier alpha value is -1.62. The van der Waals surface area contributed by atoms with Crippen molar-refractivity contribution in [3.8, 4) is 5.75 Å². The molecule has 0 spiro atoms. The third kappa shape index (κ3) is 3.43. The number of halogens is 2. The van der Waals surface area contributed by atoms with Gasteiger partial charge in [0, 0.05) is 22.8 Å². The van der Waals surface area contributed by atoms with Gasteiger partial charge in [-0.1, -0.05) is 22.0 Å². The Morgan fingerprint density at radius 3 is 2.83 bits per heavy atom. The first kappa shape index (κ1) is 12.8. The van der Waals surface area contributed by atoms with E-state index in [4.69, 9.17) is 4.74 Å². The first-order valence-electron chi connectivity index (χ1n) is 5.39. The van der Waals surface area contributed by atoms with Gasteiger partial charge in [0.15, 0.2) is 0 Å². The molecule has 1 aromatic heterocycles. The van der Waals surface area contributed by atoms with Crippen LogP contribution >= 0.6 is 15.9 Å². The van der Waals surface area contributed by atoms with Crippen LogP contribution < -0.4 is 10.3 Å². The predicted octanol–water partition coefficient (Wildman–Crippen LogP) is 2.83. The van der Waals surface area contributed by atoms with Gasteiger partial charge in [-0.05, 0) is 18.2 Å². The van der Waals surface area contributed by atoms with Gasteiger partial charge in [-0.25, -0.2) is 4.39 Å². The summed E-state index contributed by atoms with van der Waals surface area (Å²) in [4.78, 5) is 11.4. The number of benzene rings is 1. The van der Waals surface area contributed by atoms with Crippen molar-refractivity contribution < 1.29 is 9.13 Å². The van der Waals surface area contributed by atoms with Crippen molar-refractivity contribution in [2.24, 2.45) is 0 Å². The predicted molar refractivity (Wildman–Crippen MR) is 70.3 cm³/mol. The summed E-state index contributed by atoms with van der Waals surface area (Å²) in [7, 11) is 0. The van der Waals surface area contributed by atoms with Crippen LogP contribution in [0.5, 0.6) is 5.75 Å². The van der Waals surface area contributed by atoms with E-state index in [1.165, 1.54) is 22.8 Å². The van der Waals surface area contributed by atoms with E-state index < -0.39 is 0 Å². The van der Waals surface area contributed by atoms with Gasteiger partial charge in [0.25, 0.3) is 5.56 Å². The Balaban J connectivity index is 1.96. The number of hydrogen-bond acceptors (Lipinski definition) is 2. The van der Waals surface area contributed by atoms with E-state index in [-0.39, 0.29) is 11.4 Å². The van der Waals surface area contributed by atoms with Crippen molar-refractivity contribution in [1.29, 1.82) is 0 Å². The van der Waals surface area contributed by atoms with Crippen LogP contribution in [0.4, 0.5) is 4.39 Å². The molecule has 18 heavy (non-hydrogen) atoms. The highest BCUT2D eigenvalue weighted by atomic mass is 79.9. The summed E-state index contributed by atoms with van der Waals surface area (Å²) < 4.78 is 20.6. The molecule has 0 saturated heterocycles. The Kier molecular flexibility index (Phi) is 4.15. The molecule has 0 bridgehead atoms. The van der Waals surface area contributed by atoms with E-state index in [0.717, 1.165) is 0 Å². The summed E-state index contributed by atoms with van der Waals surface area (Å²) in [5.74, 6) is 0.0714. The Labute approximate surface area is 112 Å². The van der Waals surface area contributed by atoms with E-state index in [9.17, 15) is 9.18 Å².